The molecule has 3 aromatic rings. The predicted octanol–water partition coefficient (Wildman–Crippen LogP) is 4.10. The SMILES string of the molecule is Cc1cc([N+](=O)[O-])ccc1-n1cc(C=CC(=O)O)c2cc(Br)cnc21. The van der Waals surface area contributed by atoms with E-state index in [9.17, 15) is 14.9 Å². The van der Waals surface area contributed by atoms with Crippen molar-refractivity contribution in [2.75, 3.05) is 0 Å². The van der Waals surface area contributed by atoms with Gasteiger partial charge in [0.05, 0.1) is 10.6 Å². The molecule has 0 atom stereocenters. The molecule has 0 fully saturated rings. The van der Waals surface area contributed by atoms with E-state index < -0.39 is 10.9 Å². The summed E-state index contributed by atoms with van der Waals surface area (Å²) in [6, 6.07) is 6.43. The van der Waals surface area contributed by atoms with E-state index in [-0.39, 0.29) is 5.69 Å². The summed E-state index contributed by atoms with van der Waals surface area (Å²) in [4.78, 5) is 25.7. The first-order valence-corrected chi connectivity index (χ1v) is 7.99. The number of pyridine rings is 1. The van der Waals surface area contributed by atoms with Gasteiger partial charge in [-0.05, 0) is 46.6 Å². The zero-order chi connectivity index (χ0) is 18.1. The van der Waals surface area contributed by atoms with Crippen LogP contribution < -0.4 is 0 Å². The standard InChI is InChI=1S/C17H12BrN3O4/c1-10-6-13(21(24)25)3-4-15(10)20-9-11(2-5-16(22)23)14-7-12(18)8-19-17(14)20/h2-9H,1H3,(H,22,23). The summed E-state index contributed by atoms with van der Waals surface area (Å²) in [5.74, 6) is -1.05. The Morgan fingerprint density at radius 1 is 1.40 bits per heavy atom. The van der Waals surface area contributed by atoms with Crippen LogP contribution in [-0.2, 0) is 4.79 Å². The highest BCUT2D eigenvalue weighted by Gasteiger charge is 2.14. The van der Waals surface area contributed by atoms with Crippen LogP contribution in [0.2, 0.25) is 0 Å². The molecule has 3 rings (SSSR count). The number of carboxylic acid groups (broad SMARTS) is 1. The van der Waals surface area contributed by atoms with Gasteiger partial charge in [0.15, 0.2) is 0 Å². The Balaban J connectivity index is 2.23. The Morgan fingerprint density at radius 3 is 2.80 bits per heavy atom. The molecule has 1 N–H and O–H groups in total. The molecule has 0 spiro atoms. The maximum absolute atomic E-state index is 10.9. The third kappa shape index (κ3) is 3.29. The van der Waals surface area contributed by atoms with E-state index in [1.165, 1.54) is 18.2 Å². The van der Waals surface area contributed by atoms with Crippen LogP contribution in [0.3, 0.4) is 0 Å². The topological polar surface area (TPSA) is 98.3 Å². The van der Waals surface area contributed by atoms with Crippen molar-refractivity contribution in [2.24, 2.45) is 0 Å². The zero-order valence-corrected chi connectivity index (χ0v) is 14.6. The van der Waals surface area contributed by atoms with Crippen molar-refractivity contribution in [1.82, 2.24) is 9.55 Å². The van der Waals surface area contributed by atoms with Gasteiger partial charge in [-0.2, -0.15) is 0 Å². The van der Waals surface area contributed by atoms with Crippen LogP contribution in [0.5, 0.6) is 0 Å². The lowest BCUT2D eigenvalue weighted by Crippen LogP contribution is -1.98. The van der Waals surface area contributed by atoms with E-state index in [0.29, 0.717) is 16.8 Å². The van der Waals surface area contributed by atoms with E-state index in [0.717, 1.165) is 21.6 Å². The highest BCUT2D eigenvalue weighted by molar-refractivity contribution is 9.10. The second-order valence-corrected chi connectivity index (χ2v) is 6.29. The third-order valence-electron chi connectivity index (χ3n) is 3.70. The van der Waals surface area contributed by atoms with Gasteiger partial charge in [0.2, 0.25) is 0 Å². The second-order valence-electron chi connectivity index (χ2n) is 5.38. The number of halogens is 1. The minimum Gasteiger partial charge on any atom is -0.478 e. The molecular formula is C17H12BrN3O4. The highest BCUT2D eigenvalue weighted by Crippen LogP contribution is 2.29. The van der Waals surface area contributed by atoms with Gasteiger partial charge in [0.25, 0.3) is 5.69 Å². The first-order chi connectivity index (χ1) is 11.9. The highest BCUT2D eigenvalue weighted by atomic mass is 79.9. The number of carboxylic acids is 1. The summed E-state index contributed by atoms with van der Waals surface area (Å²) < 4.78 is 2.56. The molecule has 2 heterocycles. The monoisotopic (exact) mass is 401 g/mol. The van der Waals surface area contributed by atoms with Crippen LogP contribution in [0.15, 0.2) is 47.2 Å². The van der Waals surface area contributed by atoms with Gasteiger partial charge in [-0.15, -0.1) is 0 Å². The lowest BCUT2D eigenvalue weighted by Gasteiger charge is -2.08. The Hall–Kier alpha value is -3.00. The van der Waals surface area contributed by atoms with E-state index in [1.807, 2.05) is 6.07 Å². The fraction of sp³-hybridized carbons (Fsp3) is 0.0588. The fourth-order valence-corrected chi connectivity index (χ4v) is 2.94. The average molecular weight is 402 g/mol. The maximum Gasteiger partial charge on any atom is 0.328 e. The molecule has 0 radical (unpaired) electrons. The summed E-state index contributed by atoms with van der Waals surface area (Å²) in [6.07, 6.45) is 5.96. The summed E-state index contributed by atoms with van der Waals surface area (Å²) >= 11 is 3.36. The number of hydrogen-bond donors (Lipinski definition) is 1. The summed E-state index contributed by atoms with van der Waals surface area (Å²) in [5.41, 5.74) is 2.78. The molecule has 0 bridgehead atoms. The first kappa shape index (κ1) is 16.8. The number of nitrogens with zero attached hydrogens (tertiary/aromatic N) is 3. The molecular weight excluding hydrogens is 390 g/mol. The first-order valence-electron chi connectivity index (χ1n) is 7.20. The molecule has 0 aliphatic carbocycles. The number of aromatic nitrogens is 2. The number of non-ortho nitro benzene ring substituents is 1. The Morgan fingerprint density at radius 2 is 2.16 bits per heavy atom. The van der Waals surface area contributed by atoms with E-state index in [4.69, 9.17) is 5.11 Å². The van der Waals surface area contributed by atoms with Gasteiger partial charge in [-0.1, -0.05) is 0 Å². The van der Waals surface area contributed by atoms with Gasteiger partial charge < -0.3 is 9.67 Å². The van der Waals surface area contributed by atoms with Crippen molar-refractivity contribution in [3.8, 4) is 5.69 Å². The normalized spacial score (nSPS) is 11.3. The van der Waals surface area contributed by atoms with E-state index >= 15 is 0 Å². The smallest absolute Gasteiger partial charge is 0.328 e. The Kier molecular flexibility index (Phi) is 4.37. The Bertz CT molecular complexity index is 1040. The molecule has 0 unspecified atom stereocenters. The number of benzene rings is 1. The lowest BCUT2D eigenvalue weighted by molar-refractivity contribution is -0.384. The van der Waals surface area contributed by atoms with Gasteiger partial charge in [-0.3, -0.25) is 10.1 Å². The molecule has 7 nitrogen and oxygen atoms in total. The summed E-state index contributed by atoms with van der Waals surface area (Å²) in [6.45, 7) is 1.78. The number of rotatable bonds is 4. The maximum atomic E-state index is 10.9. The van der Waals surface area contributed by atoms with Gasteiger partial charge in [0.1, 0.15) is 5.65 Å². The fourth-order valence-electron chi connectivity index (χ4n) is 2.61. The van der Waals surface area contributed by atoms with Crippen LogP contribution >= 0.6 is 15.9 Å². The van der Waals surface area contributed by atoms with E-state index in [1.54, 1.807) is 30.0 Å². The molecule has 126 valence electrons. The number of aliphatic carboxylic acids is 1. The van der Waals surface area contributed by atoms with Gasteiger partial charge in [-0.25, -0.2) is 9.78 Å². The molecule has 0 aliphatic heterocycles. The predicted molar refractivity (Wildman–Crippen MR) is 96.8 cm³/mol. The number of nitro groups is 1. The zero-order valence-electron chi connectivity index (χ0n) is 13.0. The summed E-state index contributed by atoms with van der Waals surface area (Å²) in [5, 5.41) is 20.6. The number of carbonyl (C=O) groups is 1. The Labute approximate surface area is 150 Å². The largest absolute Gasteiger partial charge is 0.478 e. The lowest BCUT2D eigenvalue weighted by atomic mass is 10.2. The molecule has 0 saturated carbocycles. The second kappa shape index (κ2) is 6.48. The van der Waals surface area contributed by atoms with Crippen molar-refractivity contribution in [3.63, 3.8) is 0 Å². The number of aryl methyl sites for hydroxylation is 1. The number of nitro benzene ring substituents is 1. The molecule has 0 amide bonds. The molecule has 1 aromatic carbocycles. The van der Waals surface area contributed by atoms with Crippen molar-refractivity contribution in [3.05, 3.63) is 68.4 Å². The van der Waals surface area contributed by atoms with Crippen molar-refractivity contribution < 1.29 is 14.8 Å². The van der Waals surface area contributed by atoms with Crippen molar-refractivity contribution in [2.45, 2.75) is 6.92 Å². The van der Waals surface area contributed by atoms with Crippen LogP contribution in [0, 0.1) is 17.0 Å². The average Bonchev–Trinajstić information content (AvgIpc) is 2.90. The van der Waals surface area contributed by atoms with Crippen LogP contribution in [-0.4, -0.2) is 25.6 Å². The van der Waals surface area contributed by atoms with E-state index in [2.05, 4.69) is 20.9 Å². The molecule has 25 heavy (non-hydrogen) atoms. The minimum atomic E-state index is -1.05. The summed E-state index contributed by atoms with van der Waals surface area (Å²) in [7, 11) is 0. The molecule has 0 saturated heterocycles. The van der Waals surface area contributed by atoms with Crippen LogP contribution in [0.4, 0.5) is 5.69 Å². The number of hydrogen-bond acceptors (Lipinski definition) is 4. The van der Waals surface area contributed by atoms with Crippen LogP contribution in [0.25, 0.3) is 22.8 Å². The van der Waals surface area contributed by atoms with Gasteiger partial charge >= 0.3 is 5.97 Å². The third-order valence-corrected chi connectivity index (χ3v) is 4.13. The van der Waals surface area contributed by atoms with Crippen molar-refractivity contribution in [1.29, 1.82) is 0 Å². The minimum absolute atomic E-state index is 0.0133. The number of fused-ring (bicyclic) bond motifs is 1. The quantitative estimate of drug-likeness (QED) is 0.403. The molecule has 2 aromatic heterocycles. The molecule has 8 heteroatoms. The van der Waals surface area contributed by atoms with Crippen molar-refractivity contribution >= 4 is 44.7 Å². The van der Waals surface area contributed by atoms with Gasteiger partial charge in [0, 0.05) is 46.0 Å². The molecule has 0 aliphatic rings. The van der Waals surface area contributed by atoms with Crippen LogP contribution in [0.1, 0.15) is 11.1 Å².